The fourth-order valence-electron chi connectivity index (χ4n) is 2.66. The molecule has 0 atom stereocenters. The average molecular weight is 267 g/mol. The number of nitrogens with zero attached hydrogens (tertiary/aromatic N) is 1. The molecule has 1 heterocycles. The third-order valence-electron chi connectivity index (χ3n) is 3.69. The van der Waals surface area contributed by atoms with Gasteiger partial charge in [-0.05, 0) is 36.2 Å². The van der Waals surface area contributed by atoms with Crippen LogP contribution in [0.1, 0.15) is 28.8 Å². The summed E-state index contributed by atoms with van der Waals surface area (Å²) in [6.45, 7) is 1.63. The maximum atomic E-state index is 12.1. The van der Waals surface area contributed by atoms with Crippen LogP contribution in [0.4, 0.5) is 5.69 Å². The van der Waals surface area contributed by atoms with Crippen LogP contribution in [0, 0.1) is 0 Å². The van der Waals surface area contributed by atoms with E-state index in [9.17, 15) is 9.90 Å². The molecule has 3 rings (SSSR count). The number of carbonyl (C=O) groups excluding carboxylic acids is 1. The molecule has 1 N–H and O–H groups in total. The maximum Gasteiger partial charge on any atom is 0.165 e. The molecule has 1 aliphatic rings. The molecule has 0 amide bonds. The number of aromatic hydroxyl groups is 1. The molecule has 3 nitrogen and oxygen atoms in total. The first-order chi connectivity index (χ1) is 9.74. The van der Waals surface area contributed by atoms with E-state index < -0.39 is 0 Å². The van der Waals surface area contributed by atoms with E-state index in [1.54, 1.807) is 12.1 Å². The topological polar surface area (TPSA) is 40.5 Å². The molecule has 0 radical (unpaired) electrons. The van der Waals surface area contributed by atoms with Gasteiger partial charge in [0.1, 0.15) is 5.75 Å². The van der Waals surface area contributed by atoms with Crippen molar-refractivity contribution in [1.29, 1.82) is 0 Å². The summed E-state index contributed by atoms with van der Waals surface area (Å²) in [5, 5.41) is 9.34. The van der Waals surface area contributed by atoms with Crippen molar-refractivity contribution in [3.63, 3.8) is 0 Å². The minimum Gasteiger partial charge on any atom is -0.508 e. The van der Waals surface area contributed by atoms with Crippen LogP contribution in [0.3, 0.4) is 0 Å². The molecule has 0 aliphatic carbocycles. The van der Waals surface area contributed by atoms with Gasteiger partial charge in [0.05, 0.1) is 0 Å². The van der Waals surface area contributed by atoms with Gasteiger partial charge in [-0.25, -0.2) is 0 Å². The molecule has 0 saturated heterocycles. The highest BCUT2D eigenvalue weighted by atomic mass is 16.3. The number of hydrogen-bond donors (Lipinski definition) is 1. The molecule has 2 aromatic rings. The van der Waals surface area contributed by atoms with Gasteiger partial charge in [-0.15, -0.1) is 0 Å². The van der Waals surface area contributed by atoms with E-state index in [0.29, 0.717) is 6.42 Å². The summed E-state index contributed by atoms with van der Waals surface area (Å²) >= 11 is 0. The van der Waals surface area contributed by atoms with Crippen LogP contribution in [0.25, 0.3) is 0 Å². The largest absolute Gasteiger partial charge is 0.508 e. The average Bonchev–Trinajstić information content (AvgIpc) is 2.62. The van der Waals surface area contributed by atoms with Crippen LogP contribution in [0.2, 0.25) is 0 Å². The van der Waals surface area contributed by atoms with Crippen molar-refractivity contribution in [2.75, 3.05) is 11.4 Å². The van der Waals surface area contributed by atoms with Crippen molar-refractivity contribution in [1.82, 2.24) is 0 Å². The molecule has 0 unspecified atom stereocenters. The lowest BCUT2D eigenvalue weighted by Gasteiger charge is -2.24. The molecule has 0 fully saturated rings. The number of phenols is 1. The lowest BCUT2D eigenvalue weighted by molar-refractivity contribution is 0.0984. The number of anilines is 1. The Balaban J connectivity index is 1.91. The summed E-state index contributed by atoms with van der Waals surface area (Å²) in [4.78, 5) is 14.3. The zero-order valence-corrected chi connectivity index (χ0v) is 11.2. The first-order valence-electron chi connectivity index (χ1n) is 6.89. The molecule has 0 saturated carbocycles. The smallest absolute Gasteiger partial charge is 0.165 e. The van der Waals surface area contributed by atoms with Crippen LogP contribution in [0.15, 0.2) is 48.5 Å². The Labute approximate surface area is 118 Å². The molecule has 2 aromatic carbocycles. The number of hydrogen-bond acceptors (Lipinski definition) is 3. The highest BCUT2D eigenvalue weighted by Crippen LogP contribution is 2.27. The van der Waals surface area contributed by atoms with Crippen molar-refractivity contribution in [2.24, 2.45) is 0 Å². The van der Waals surface area contributed by atoms with Crippen molar-refractivity contribution in [2.45, 2.75) is 19.4 Å². The van der Waals surface area contributed by atoms with E-state index in [1.165, 1.54) is 0 Å². The zero-order valence-electron chi connectivity index (χ0n) is 11.2. The molecule has 102 valence electrons. The van der Waals surface area contributed by atoms with Gasteiger partial charge in [0, 0.05) is 30.8 Å². The Kier molecular flexibility index (Phi) is 3.42. The number of benzene rings is 2. The number of ketones is 1. The van der Waals surface area contributed by atoms with Gasteiger partial charge in [0.15, 0.2) is 5.78 Å². The van der Waals surface area contributed by atoms with E-state index in [2.05, 4.69) is 4.90 Å². The fraction of sp³-hybridized carbons (Fsp3) is 0.235. The Hall–Kier alpha value is -2.29. The Morgan fingerprint density at radius 2 is 1.80 bits per heavy atom. The minimum atomic E-state index is 0.230. The van der Waals surface area contributed by atoms with Crippen LogP contribution in [0.5, 0.6) is 5.75 Å². The first kappa shape index (κ1) is 12.7. The number of Topliss-reactive ketones (excluding diaryl/α,β-unsaturated/α-hetero) is 1. The fourth-order valence-corrected chi connectivity index (χ4v) is 2.66. The summed E-state index contributed by atoms with van der Waals surface area (Å²) in [6, 6.07) is 15.1. The van der Waals surface area contributed by atoms with E-state index in [4.69, 9.17) is 0 Å². The lowest BCUT2D eigenvalue weighted by Crippen LogP contribution is -2.23. The number of phenolic OH excluding ortho intramolecular Hbond substituents is 1. The zero-order chi connectivity index (χ0) is 13.9. The van der Waals surface area contributed by atoms with Crippen molar-refractivity contribution in [3.8, 4) is 5.75 Å². The standard InChI is InChI=1S/C17H17NO2/c19-14-9-7-13(8-10-14)12-18-11-3-6-17(20)15-4-1-2-5-16(15)18/h1-2,4-5,7-10,19H,3,6,11-12H2. The van der Waals surface area contributed by atoms with Crippen molar-refractivity contribution in [3.05, 3.63) is 59.7 Å². The lowest BCUT2D eigenvalue weighted by atomic mass is 10.1. The van der Waals surface area contributed by atoms with Crippen molar-refractivity contribution < 1.29 is 9.90 Å². The molecule has 0 bridgehead atoms. The van der Waals surface area contributed by atoms with E-state index >= 15 is 0 Å². The molecule has 20 heavy (non-hydrogen) atoms. The van der Waals surface area contributed by atoms with E-state index in [1.807, 2.05) is 36.4 Å². The first-order valence-corrected chi connectivity index (χ1v) is 6.89. The predicted octanol–water partition coefficient (Wildman–Crippen LogP) is 3.38. The van der Waals surface area contributed by atoms with Crippen molar-refractivity contribution >= 4 is 11.5 Å². The van der Waals surface area contributed by atoms with Gasteiger partial charge in [0.25, 0.3) is 0 Å². The third-order valence-corrected chi connectivity index (χ3v) is 3.69. The maximum absolute atomic E-state index is 12.1. The van der Waals surface area contributed by atoms with E-state index in [0.717, 1.165) is 36.3 Å². The molecule has 0 aromatic heterocycles. The molecule has 0 spiro atoms. The summed E-state index contributed by atoms with van der Waals surface area (Å²) in [6.07, 6.45) is 1.49. The third kappa shape index (κ3) is 2.52. The number of carbonyl (C=O) groups is 1. The second-order valence-electron chi connectivity index (χ2n) is 5.13. The summed E-state index contributed by atoms with van der Waals surface area (Å²) in [7, 11) is 0. The van der Waals surface area contributed by atoms with Crippen LogP contribution in [-0.2, 0) is 6.54 Å². The van der Waals surface area contributed by atoms with Crippen LogP contribution in [-0.4, -0.2) is 17.4 Å². The minimum absolute atomic E-state index is 0.230. The van der Waals surface area contributed by atoms with Crippen LogP contribution >= 0.6 is 0 Å². The van der Waals surface area contributed by atoms with E-state index in [-0.39, 0.29) is 11.5 Å². The Morgan fingerprint density at radius 1 is 1.05 bits per heavy atom. The SMILES string of the molecule is O=C1CCCN(Cc2ccc(O)cc2)c2ccccc21. The molecule has 3 heteroatoms. The number of fused-ring (bicyclic) bond motifs is 1. The monoisotopic (exact) mass is 267 g/mol. The van der Waals surface area contributed by atoms with Gasteiger partial charge in [-0.3, -0.25) is 4.79 Å². The van der Waals surface area contributed by atoms with Crippen LogP contribution < -0.4 is 4.90 Å². The quantitative estimate of drug-likeness (QED) is 0.906. The summed E-state index contributed by atoms with van der Waals surface area (Å²) < 4.78 is 0. The Bertz CT molecular complexity index is 619. The molecular formula is C17H17NO2. The molecule has 1 aliphatic heterocycles. The second-order valence-corrected chi connectivity index (χ2v) is 5.13. The van der Waals surface area contributed by atoms with Gasteiger partial charge in [-0.1, -0.05) is 24.3 Å². The number of rotatable bonds is 2. The summed E-state index contributed by atoms with van der Waals surface area (Å²) in [5.74, 6) is 0.508. The Morgan fingerprint density at radius 3 is 2.60 bits per heavy atom. The van der Waals surface area contributed by atoms with Gasteiger partial charge in [0.2, 0.25) is 0 Å². The number of para-hydroxylation sites is 1. The van der Waals surface area contributed by atoms with Gasteiger partial charge in [-0.2, -0.15) is 0 Å². The second kappa shape index (κ2) is 5.37. The molecular weight excluding hydrogens is 250 g/mol. The highest BCUT2D eigenvalue weighted by Gasteiger charge is 2.20. The summed E-state index contributed by atoms with van der Waals surface area (Å²) in [5.41, 5.74) is 2.97. The normalized spacial score (nSPS) is 14.8. The highest BCUT2D eigenvalue weighted by molar-refractivity contribution is 6.01. The van der Waals surface area contributed by atoms with Gasteiger partial charge >= 0.3 is 0 Å². The van der Waals surface area contributed by atoms with Gasteiger partial charge < -0.3 is 10.0 Å². The predicted molar refractivity (Wildman–Crippen MR) is 79.2 cm³/mol.